The summed E-state index contributed by atoms with van der Waals surface area (Å²) in [5, 5.41) is 5.36. The van der Waals surface area contributed by atoms with E-state index in [1.54, 1.807) is 0 Å². The average molecular weight is 272 g/mol. The first-order valence-electron chi connectivity index (χ1n) is 6.99. The zero-order valence-electron chi connectivity index (χ0n) is 12.4. The number of aromatic nitrogens is 3. The van der Waals surface area contributed by atoms with Crippen LogP contribution in [0.2, 0.25) is 0 Å². The highest BCUT2D eigenvalue weighted by Crippen LogP contribution is 2.40. The van der Waals surface area contributed by atoms with Crippen LogP contribution in [0.1, 0.15) is 61.3 Å². The van der Waals surface area contributed by atoms with E-state index in [-0.39, 0.29) is 5.54 Å². The molecular weight excluding hydrogens is 252 g/mol. The second-order valence-electron chi connectivity index (χ2n) is 6.60. The molecule has 5 nitrogen and oxygen atoms in total. The van der Waals surface area contributed by atoms with Crippen molar-refractivity contribution in [3.63, 3.8) is 0 Å². The van der Waals surface area contributed by atoms with Crippen LogP contribution in [-0.2, 0) is 5.54 Å². The van der Waals surface area contributed by atoms with Crippen molar-refractivity contribution in [2.75, 3.05) is 0 Å². The zero-order valence-corrected chi connectivity index (χ0v) is 12.4. The maximum atomic E-state index is 11.8. The predicted molar refractivity (Wildman–Crippen MR) is 77.8 cm³/mol. The molecule has 1 fully saturated rings. The van der Waals surface area contributed by atoms with E-state index in [4.69, 9.17) is 10.7 Å². The molecule has 2 aromatic rings. The van der Waals surface area contributed by atoms with Crippen molar-refractivity contribution in [3.8, 4) is 0 Å². The van der Waals surface area contributed by atoms with Crippen LogP contribution >= 0.6 is 0 Å². The van der Waals surface area contributed by atoms with E-state index < -0.39 is 5.91 Å². The van der Waals surface area contributed by atoms with Crippen molar-refractivity contribution in [2.45, 2.75) is 52.0 Å². The Morgan fingerprint density at radius 2 is 2.05 bits per heavy atom. The summed E-state index contributed by atoms with van der Waals surface area (Å²) in [5.41, 5.74) is 8.46. The van der Waals surface area contributed by atoms with Gasteiger partial charge in [0, 0.05) is 11.6 Å². The molecule has 2 aromatic heterocycles. The van der Waals surface area contributed by atoms with E-state index in [0.717, 1.165) is 35.3 Å². The van der Waals surface area contributed by atoms with Gasteiger partial charge in [0.15, 0.2) is 5.65 Å². The first-order chi connectivity index (χ1) is 9.29. The molecule has 2 heterocycles. The number of hydrogen-bond donors (Lipinski definition) is 1. The molecule has 0 atom stereocenters. The van der Waals surface area contributed by atoms with Crippen LogP contribution in [0.4, 0.5) is 0 Å². The Kier molecular flexibility index (Phi) is 2.64. The summed E-state index contributed by atoms with van der Waals surface area (Å²) in [5.74, 6) is 0.0667. The second-order valence-corrected chi connectivity index (χ2v) is 6.60. The largest absolute Gasteiger partial charge is 0.366 e. The third-order valence-corrected chi connectivity index (χ3v) is 3.73. The number of rotatable bonds is 2. The van der Waals surface area contributed by atoms with Crippen molar-refractivity contribution < 1.29 is 4.79 Å². The predicted octanol–water partition coefficient (Wildman–Crippen LogP) is 2.47. The molecule has 3 rings (SSSR count). The van der Waals surface area contributed by atoms with E-state index in [9.17, 15) is 4.79 Å². The number of carbonyl (C=O) groups excluding carboxylic acids is 1. The van der Waals surface area contributed by atoms with Crippen LogP contribution in [0.5, 0.6) is 0 Å². The molecule has 0 aliphatic heterocycles. The Hall–Kier alpha value is -1.91. The third kappa shape index (κ3) is 1.97. The summed E-state index contributed by atoms with van der Waals surface area (Å²) in [6.07, 6.45) is 2.28. The maximum absolute atomic E-state index is 11.8. The number of nitrogens with two attached hydrogens (primary N) is 1. The molecule has 1 aliphatic rings. The highest BCUT2D eigenvalue weighted by atomic mass is 16.1. The van der Waals surface area contributed by atoms with Crippen LogP contribution in [0, 0.1) is 6.92 Å². The lowest BCUT2D eigenvalue weighted by molar-refractivity contribution is 0.100. The second kappa shape index (κ2) is 4.04. The number of primary amides is 1. The standard InChI is InChI=1S/C15H20N4O/c1-8-12-10(13(16)20)7-11(9-5-6-9)17-14(12)19(18-8)15(2,3)4/h7,9H,5-6H2,1-4H3,(H2,16,20). The quantitative estimate of drug-likeness (QED) is 0.912. The SMILES string of the molecule is Cc1nn(C(C)(C)C)c2nc(C3CC3)cc(C(N)=O)c12. The van der Waals surface area contributed by atoms with Crippen molar-refractivity contribution >= 4 is 16.9 Å². The fourth-order valence-electron chi connectivity index (χ4n) is 2.56. The average Bonchev–Trinajstić information content (AvgIpc) is 3.12. The molecule has 2 N–H and O–H groups in total. The Labute approximate surface area is 118 Å². The van der Waals surface area contributed by atoms with Gasteiger partial charge in [0.25, 0.3) is 0 Å². The lowest BCUT2D eigenvalue weighted by Crippen LogP contribution is -2.23. The van der Waals surface area contributed by atoms with Crippen LogP contribution in [0.3, 0.4) is 0 Å². The summed E-state index contributed by atoms with van der Waals surface area (Å²) in [7, 11) is 0. The molecule has 1 aliphatic carbocycles. The fourth-order valence-corrected chi connectivity index (χ4v) is 2.56. The van der Waals surface area contributed by atoms with E-state index in [1.165, 1.54) is 0 Å². The molecule has 0 saturated heterocycles. The van der Waals surface area contributed by atoms with Gasteiger partial charge < -0.3 is 5.73 Å². The maximum Gasteiger partial charge on any atom is 0.249 e. The van der Waals surface area contributed by atoms with Gasteiger partial charge >= 0.3 is 0 Å². The lowest BCUT2D eigenvalue weighted by atomic mass is 10.1. The first kappa shape index (κ1) is 13.1. The molecule has 106 valence electrons. The molecule has 1 amide bonds. The smallest absolute Gasteiger partial charge is 0.249 e. The molecule has 0 spiro atoms. The number of aryl methyl sites for hydroxylation is 1. The van der Waals surface area contributed by atoms with Crippen molar-refractivity contribution in [2.24, 2.45) is 5.73 Å². The van der Waals surface area contributed by atoms with Crippen LogP contribution in [-0.4, -0.2) is 20.7 Å². The van der Waals surface area contributed by atoms with E-state index in [1.807, 2.05) is 17.7 Å². The number of carbonyl (C=O) groups is 1. The van der Waals surface area contributed by atoms with Crippen LogP contribution < -0.4 is 5.73 Å². The molecule has 5 heteroatoms. The Morgan fingerprint density at radius 1 is 1.40 bits per heavy atom. The third-order valence-electron chi connectivity index (χ3n) is 3.73. The zero-order chi connectivity index (χ0) is 14.7. The van der Waals surface area contributed by atoms with E-state index in [0.29, 0.717) is 11.5 Å². The van der Waals surface area contributed by atoms with Gasteiger partial charge in [-0.05, 0) is 46.6 Å². The van der Waals surface area contributed by atoms with Gasteiger partial charge in [-0.1, -0.05) is 0 Å². The van der Waals surface area contributed by atoms with Crippen LogP contribution in [0.25, 0.3) is 11.0 Å². The molecule has 1 saturated carbocycles. The summed E-state index contributed by atoms with van der Waals surface area (Å²) in [4.78, 5) is 16.5. The van der Waals surface area contributed by atoms with Crippen LogP contribution in [0.15, 0.2) is 6.07 Å². The lowest BCUT2D eigenvalue weighted by Gasteiger charge is -2.20. The molecule has 20 heavy (non-hydrogen) atoms. The minimum absolute atomic E-state index is 0.184. The van der Waals surface area contributed by atoms with E-state index in [2.05, 4.69) is 25.9 Å². The molecule has 0 unspecified atom stereocenters. The van der Waals surface area contributed by atoms with Crippen molar-refractivity contribution in [3.05, 3.63) is 23.0 Å². The van der Waals surface area contributed by atoms with E-state index >= 15 is 0 Å². The Balaban J connectivity index is 2.37. The van der Waals surface area contributed by atoms with Gasteiger partial charge in [-0.25, -0.2) is 9.67 Å². The first-order valence-corrected chi connectivity index (χ1v) is 6.99. The minimum Gasteiger partial charge on any atom is -0.366 e. The minimum atomic E-state index is -0.407. The Bertz CT molecular complexity index is 705. The summed E-state index contributed by atoms with van der Waals surface area (Å²) >= 11 is 0. The Morgan fingerprint density at radius 3 is 2.55 bits per heavy atom. The molecule has 0 bridgehead atoms. The van der Waals surface area contributed by atoms with Gasteiger partial charge in [0.2, 0.25) is 5.91 Å². The number of pyridine rings is 1. The summed E-state index contributed by atoms with van der Waals surface area (Å²) < 4.78 is 1.90. The van der Waals surface area contributed by atoms with Gasteiger partial charge in [-0.3, -0.25) is 4.79 Å². The van der Waals surface area contributed by atoms with Gasteiger partial charge in [-0.2, -0.15) is 5.10 Å². The van der Waals surface area contributed by atoms with Gasteiger partial charge in [0.1, 0.15) is 0 Å². The van der Waals surface area contributed by atoms with Crippen molar-refractivity contribution in [1.29, 1.82) is 0 Å². The number of amides is 1. The molecule has 0 radical (unpaired) electrons. The topological polar surface area (TPSA) is 73.8 Å². The van der Waals surface area contributed by atoms with Gasteiger partial charge in [-0.15, -0.1) is 0 Å². The van der Waals surface area contributed by atoms with Gasteiger partial charge in [0.05, 0.1) is 22.2 Å². The van der Waals surface area contributed by atoms with Crippen molar-refractivity contribution in [1.82, 2.24) is 14.8 Å². The molecular formula is C15H20N4O. The fraction of sp³-hybridized carbons (Fsp3) is 0.533. The summed E-state index contributed by atoms with van der Waals surface area (Å²) in [6.45, 7) is 8.13. The monoisotopic (exact) mass is 272 g/mol. The highest BCUT2D eigenvalue weighted by molar-refractivity contribution is 6.05. The number of nitrogens with zero attached hydrogens (tertiary/aromatic N) is 3. The number of hydrogen-bond acceptors (Lipinski definition) is 3. The normalized spacial score (nSPS) is 15.8. The highest BCUT2D eigenvalue weighted by Gasteiger charge is 2.29. The number of fused-ring (bicyclic) bond motifs is 1. The summed E-state index contributed by atoms with van der Waals surface area (Å²) in [6, 6.07) is 1.85. The molecule has 0 aromatic carbocycles.